The topological polar surface area (TPSA) is 31.0 Å². The summed E-state index contributed by atoms with van der Waals surface area (Å²) in [5.41, 5.74) is 11.6. The standard InChI is InChI=1S/C41H44N2O/c1-7-10-11-16-30-25-29(6)39(34(26-30)31-21-22-38-35(27-31)32-17-13-15-20-37(32)44-38)43-24-23-42-40(43)33-18-12-14-19-36(33)41(8-2,9-3)28(4)5/h12-15,17-27H,4,7-11,16H2,1-3,5-6H3. The summed E-state index contributed by atoms with van der Waals surface area (Å²) in [7, 11) is 0. The summed E-state index contributed by atoms with van der Waals surface area (Å²) in [4.78, 5) is 5.02. The molecule has 0 bridgehead atoms. The first-order chi connectivity index (χ1) is 21.4. The molecule has 3 nitrogen and oxygen atoms in total. The van der Waals surface area contributed by atoms with Crippen LogP contribution in [0.5, 0.6) is 0 Å². The minimum absolute atomic E-state index is 0.109. The molecule has 0 aliphatic carbocycles. The largest absolute Gasteiger partial charge is 0.456 e. The third-order valence-electron chi connectivity index (χ3n) is 9.71. The predicted octanol–water partition coefficient (Wildman–Crippen LogP) is 11.8. The number of nitrogens with zero attached hydrogens (tertiary/aromatic N) is 2. The zero-order chi connectivity index (χ0) is 30.8. The molecule has 224 valence electrons. The summed E-state index contributed by atoms with van der Waals surface area (Å²) in [6.07, 6.45) is 10.8. The second-order valence-corrected chi connectivity index (χ2v) is 12.3. The zero-order valence-electron chi connectivity index (χ0n) is 26.9. The second kappa shape index (κ2) is 12.3. The lowest BCUT2D eigenvalue weighted by molar-refractivity contribution is 0.469. The molecule has 0 atom stereocenters. The molecule has 44 heavy (non-hydrogen) atoms. The highest BCUT2D eigenvalue weighted by Crippen LogP contribution is 2.44. The van der Waals surface area contributed by atoms with Crippen LogP contribution in [0, 0.1) is 6.92 Å². The molecule has 0 spiro atoms. The normalized spacial score (nSPS) is 11.9. The van der Waals surface area contributed by atoms with Gasteiger partial charge in [0.2, 0.25) is 0 Å². The lowest BCUT2D eigenvalue weighted by atomic mass is 9.69. The minimum atomic E-state index is -0.109. The molecule has 2 heterocycles. The average molecular weight is 581 g/mol. The maximum atomic E-state index is 6.20. The van der Waals surface area contributed by atoms with E-state index in [1.807, 2.05) is 18.3 Å². The molecule has 0 fully saturated rings. The Morgan fingerprint density at radius 3 is 2.36 bits per heavy atom. The molecule has 0 radical (unpaired) electrons. The van der Waals surface area contributed by atoms with Gasteiger partial charge in [0.15, 0.2) is 0 Å². The van der Waals surface area contributed by atoms with Crippen molar-refractivity contribution in [3.05, 3.63) is 120 Å². The smallest absolute Gasteiger partial charge is 0.144 e. The van der Waals surface area contributed by atoms with E-state index in [1.165, 1.54) is 58.3 Å². The fourth-order valence-electron chi connectivity index (χ4n) is 7.25. The van der Waals surface area contributed by atoms with Crippen molar-refractivity contribution in [3.63, 3.8) is 0 Å². The second-order valence-electron chi connectivity index (χ2n) is 12.3. The van der Waals surface area contributed by atoms with Gasteiger partial charge in [0.1, 0.15) is 17.0 Å². The van der Waals surface area contributed by atoms with Crippen LogP contribution in [0.4, 0.5) is 0 Å². The molecule has 0 unspecified atom stereocenters. The first kappa shape index (κ1) is 29.7. The molecule has 4 aromatic carbocycles. The van der Waals surface area contributed by atoms with Gasteiger partial charge in [-0.15, -0.1) is 0 Å². The van der Waals surface area contributed by atoms with E-state index in [2.05, 4.69) is 119 Å². The van der Waals surface area contributed by atoms with E-state index in [-0.39, 0.29) is 5.41 Å². The van der Waals surface area contributed by atoms with Crippen molar-refractivity contribution in [2.24, 2.45) is 0 Å². The van der Waals surface area contributed by atoms with Gasteiger partial charge in [-0.2, -0.15) is 0 Å². The third kappa shape index (κ3) is 5.09. The van der Waals surface area contributed by atoms with E-state index in [0.717, 1.165) is 52.6 Å². The first-order valence-electron chi connectivity index (χ1n) is 16.3. The predicted molar refractivity (Wildman–Crippen MR) is 187 cm³/mol. The van der Waals surface area contributed by atoms with Crippen molar-refractivity contribution >= 4 is 21.9 Å². The number of fused-ring (bicyclic) bond motifs is 3. The Bertz CT molecular complexity index is 1950. The summed E-state index contributed by atoms with van der Waals surface area (Å²) in [6.45, 7) is 15.7. The van der Waals surface area contributed by atoms with Crippen LogP contribution in [-0.4, -0.2) is 9.55 Å². The van der Waals surface area contributed by atoms with Crippen molar-refractivity contribution in [2.45, 2.75) is 78.6 Å². The fourth-order valence-corrected chi connectivity index (χ4v) is 7.25. The number of aromatic nitrogens is 2. The zero-order valence-corrected chi connectivity index (χ0v) is 26.9. The molecular formula is C41H44N2O. The van der Waals surface area contributed by atoms with Gasteiger partial charge >= 0.3 is 0 Å². The average Bonchev–Trinajstić information content (AvgIpc) is 3.66. The van der Waals surface area contributed by atoms with Crippen LogP contribution in [0.3, 0.4) is 0 Å². The van der Waals surface area contributed by atoms with Crippen molar-refractivity contribution in [3.8, 4) is 28.2 Å². The lowest BCUT2D eigenvalue weighted by Gasteiger charge is -2.35. The van der Waals surface area contributed by atoms with Gasteiger partial charge in [-0.05, 0) is 86.1 Å². The Morgan fingerprint density at radius 1 is 0.841 bits per heavy atom. The number of rotatable bonds is 11. The summed E-state index contributed by atoms with van der Waals surface area (Å²) >= 11 is 0. The van der Waals surface area contributed by atoms with Crippen LogP contribution in [-0.2, 0) is 11.8 Å². The first-order valence-corrected chi connectivity index (χ1v) is 16.3. The molecule has 0 aliphatic rings. The monoisotopic (exact) mass is 580 g/mol. The summed E-state index contributed by atoms with van der Waals surface area (Å²) < 4.78 is 8.51. The van der Waals surface area contributed by atoms with Crippen LogP contribution in [0.25, 0.3) is 50.1 Å². The maximum Gasteiger partial charge on any atom is 0.144 e. The number of furan rings is 1. The number of hydrogen-bond acceptors (Lipinski definition) is 2. The number of imidazole rings is 1. The SMILES string of the molecule is C=C(C)C(CC)(CC)c1ccccc1-c1nccn1-c1c(C)cc(CCCCC)cc1-c1ccc2oc3ccccc3c2c1. The Kier molecular flexibility index (Phi) is 8.31. The molecule has 0 amide bonds. The van der Waals surface area contributed by atoms with E-state index >= 15 is 0 Å². The Morgan fingerprint density at radius 2 is 1.59 bits per heavy atom. The van der Waals surface area contributed by atoms with E-state index in [9.17, 15) is 0 Å². The highest BCUT2D eigenvalue weighted by molar-refractivity contribution is 6.06. The Labute approximate surface area is 262 Å². The molecule has 0 N–H and O–H groups in total. The van der Waals surface area contributed by atoms with Gasteiger partial charge in [0, 0.05) is 39.7 Å². The summed E-state index contributed by atoms with van der Waals surface area (Å²) in [5, 5.41) is 2.29. The number of benzene rings is 4. The molecule has 0 saturated heterocycles. The van der Waals surface area contributed by atoms with Crippen LogP contribution in [0.1, 0.15) is 76.5 Å². The number of aryl methyl sites for hydroxylation is 2. The quantitative estimate of drug-likeness (QED) is 0.113. The number of unbranched alkanes of at least 4 members (excludes halogenated alkanes) is 2. The Balaban J connectivity index is 1.58. The maximum absolute atomic E-state index is 6.20. The van der Waals surface area contributed by atoms with Crippen molar-refractivity contribution < 1.29 is 4.42 Å². The van der Waals surface area contributed by atoms with Gasteiger partial charge in [0.05, 0.1) is 5.69 Å². The molecule has 6 rings (SSSR count). The van der Waals surface area contributed by atoms with Crippen LogP contribution in [0.2, 0.25) is 0 Å². The molecular weight excluding hydrogens is 536 g/mol. The molecule has 6 aromatic rings. The molecule has 2 aromatic heterocycles. The van der Waals surface area contributed by atoms with Gasteiger partial charge < -0.3 is 4.42 Å². The van der Waals surface area contributed by atoms with Crippen molar-refractivity contribution in [1.82, 2.24) is 9.55 Å². The van der Waals surface area contributed by atoms with E-state index in [1.54, 1.807) is 0 Å². The van der Waals surface area contributed by atoms with E-state index in [4.69, 9.17) is 9.40 Å². The minimum Gasteiger partial charge on any atom is -0.456 e. The van der Waals surface area contributed by atoms with Gasteiger partial charge in [0.25, 0.3) is 0 Å². The molecule has 3 heteroatoms. The van der Waals surface area contributed by atoms with Gasteiger partial charge in [-0.1, -0.05) is 100 Å². The van der Waals surface area contributed by atoms with Crippen LogP contribution in [0.15, 0.2) is 108 Å². The summed E-state index contributed by atoms with van der Waals surface area (Å²) in [5.74, 6) is 0.964. The highest BCUT2D eigenvalue weighted by atomic mass is 16.3. The Hall–Kier alpha value is -4.37. The van der Waals surface area contributed by atoms with Gasteiger partial charge in [-0.3, -0.25) is 4.57 Å². The fraction of sp³-hybridized carbons (Fsp3) is 0.293. The van der Waals surface area contributed by atoms with Crippen molar-refractivity contribution in [2.75, 3.05) is 0 Å². The van der Waals surface area contributed by atoms with E-state index in [0.29, 0.717) is 0 Å². The number of allylic oxidation sites excluding steroid dienone is 1. The molecule has 0 aliphatic heterocycles. The van der Waals surface area contributed by atoms with Crippen LogP contribution >= 0.6 is 0 Å². The number of para-hydroxylation sites is 1. The van der Waals surface area contributed by atoms with Gasteiger partial charge in [-0.25, -0.2) is 4.98 Å². The van der Waals surface area contributed by atoms with E-state index < -0.39 is 0 Å². The highest BCUT2D eigenvalue weighted by Gasteiger charge is 2.33. The lowest BCUT2D eigenvalue weighted by Crippen LogP contribution is -2.26. The van der Waals surface area contributed by atoms with Crippen molar-refractivity contribution in [1.29, 1.82) is 0 Å². The molecule has 0 saturated carbocycles. The number of hydrogen-bond donors (Lipinski definition) is 0. The summed E-state index contributed by atoms with van der Waals surface area (Å²) in [6, 6.07) is 28.5. The third-order valence-corrected chi connectivity index (χ3v) is 9.71. The van der Waals surface area contributed by atoms with Crippen LogP contribution < -0.4 is 0 Å².